The number of carboxylic acids is 3. The summed E-state index contributed by atoms with van der Waals surface area (Å²) >= 11 is 0. The molecule has 2 aromatic carbocycles. The molecule has 17 N–H and O–H groups in total. The molecule has 0 heterocycles. The number of carboxylic acid groups (broad SMARTS) is 3. The summed E-state index contributed by atoms with van der Waals surface area (Å²) in [6.45, 7) is 3.66. The minimum absolute atomic E-state index is 0.0913. The van der Waals surface area contributed by atoms with Gasteiger partial charge in [0.1, 0.15) is 47.8 Å². The Morgan fingerprint density at radius 2 is 0.881 bits per heavy atom. The zero-order valence-electron chi connectivity index (χ0n) is 37.6. The highest BCUT2D eigenvalue weighted by Crippen LogP contribution is 2.15. The highest BCUT2D eigenvalue weighted by Gasteiger charge is 2.35. The molecule has 0 aliphatic rings. The number of nitrogens with one attached hydrogen (secondary N) is 6. The number of phenols is 2. The number of rotatable bonds is 31. The first-order valence-electron chi connectivity index (χ1n) is 21.9. The van der Waals surface area contributed by atoms with Crippen molar-refractivity contribution in [1.82, 2.24) is 31.9 Å². The number of benzene rings is 2. The van der Waals surface area contributed by atoms with Gasteiger partial charge in [0.25, 0.3) is 0 Å². The molecule has 0 radical (unpaired) electrons. The van der Waals surface area contributed by atoms with Gasteiger partial charge in [0.05, 0.1) is 12.5 Å². The molecule has 0 saturated carbocycles. The van der Waals surface area contributed by atoms with Gasteiger partial charge in [-0.1, -0.05) is 44.5 Å². The lowest BCUT2D eigenvalue weighted by Gasteiger charge is -2.28. The van der Waals surface area contributed by atoms with Gasteiger partial charge in [0.15, 0.2) is 0 Å². The number of carbonyl (C=O) groups is 9. The van der Waals surface area contributed by atoms with Gasteiger partial charge in [0, 0.05) is 19.3 Å². The number of nitrogens with two attached hydrogens (primary N) is 3. The normalized spacial score (nSPS) is 14.2. The maximum Gasteiger partial charge on any atom is 0.326 e. The molecular formula is C44H65N9O14. The predicted molar refractivity (Wildman–Crippen MR) is 241 cm³/mol. The van der Waals surface area contributed by atoms with Crippen LogP contribution in [0.1, 0.15) is 82.8 Å². The van der Waals surface area contributed by atoms with E-state index in [1.807, 2.05) is 0 Å². The number of phenolic OH excluding ortho intramolecular Hbond substituents is 2. The van der Waals surface area contributed by atoms with Crippen molar-refractivity contribution in [3.8, 4) is 11.5 Å². The third-order valence-electron chi connectivity index (χ3n) is 10.4. The van der Waals surface area contributed by atoms with Crippen LogP contribution in [0.15, 0.2) is 48.5 Å². The van der Waals surface area contributed by atoms with Crippen molar-refractivity contribution in [1.29, 1.82) is 0 Å². The summed E-state index contributed by atoms with van der Waals surface area (Å²) in [5.74, 6) is -10.8. The Morgan fingerprint density at radius 1 is 0.493 bits per heavy atom. The second-order valence-corrected chi connectivity index (χ2v) is 16.3. The van der Waals surface area contributed by atoms with Crippen molar-refractivity contribution in [2.45, 2.75) is 127 Å². The molecule has 67 heavy (non-hydrogen) atoms. The Morgan fingerprint density at radius 3 is 1.30 bits per heavy atom. The zero-order chi connectivity index (χ0) is 50.2. The average molecular weight is 944 g/mol. The lowest BCUT2D eigenvalue weighted by molar-refractivity contribution is -0.143. The molecular weight excluding hydrogens is 879 g/mol. The van der Waals surface area contributed by atoms with Crippen molar-refractivity contribution < 1.29 is 68.7 Å². The molecule has 0 saturated heterocycles. The fourth-order valence-corrected chi connectivity index (χ4v) is 6.61. The lowest BCUT2D eigenvalue weighted by Crippen LogP contribution is -2.60. The van der Waals surface area contributed by atoms with Crippen LogP contribution in [-0.4, -0.2) is 134 Å². The van der Waals surface area contributed by atoms with Crippen LogP contribution in [0, 0.1) is 5.92 Å². The fourth-order valence-electron chi connectivity index (χ4n) is 6.61. The third-order valence-corrected chi connectivity index (χ3v) is 10.4. The van der Waals surface area contributed by atoms with Crippen LogP contribution in [0.4, 0.5) is 0 Å². The van der Waals surface area contributed by atoms with E-state index in [4.69, 9.17) is 17.2 Å². The van der Waals surface area contributed by atoms with E-state index >= 15 is 0 Å². The molecule has 7 atom stereocenters. The summed E-state index contributed by atoms with van der Waals surface area (Å²) in [7, 11) is 0. The molecule has 370 valence electrons. The van der Waals surface area contributed by atoms with Crippen LogP contribution in [-0.2, 0) is 56.0 Å². The largest absolute Gasteiger partial charge is 0.508 e. The van der Waals surface area contributed by atoms with Gasteiger partial charge in [-0.15, -0.1) is 0 Å². The van der Waals surface area contributed by atoms with E-state index < -0.39 is 121 Å². The second-order valence-electron chi connectivity index (χ2n) is 16.3. The first kappa shape index (κ1) is 56.3. The number of amides is 6. The van der Waals surface area contributed by atoms with Gasteiger partial charge < -0.3 is 74.6 Å². The van der Waals surface area contributed by atoms with E-state index in [0.29, 0.717) is 36.9 Å². The maximum atomic E-state index is 14.2. The van der Waals surface area contributed by atoms with E-state index in [9.17, 15) is 68.7 Å². The van der Waals surface area contributed by atoms with Crippen LogP contribution in [0.2, 0.25) is 0 Å². The minimum Gasteiger partial charge on any atom is -0.508 e. The van der Waals surface area contributed by atoms with Crippen LogP contribution in [0.25, 0.3) is 0 Å². The van der Waals surface area contributed by atoms with Crippen molar-refractivity contribution in [2.24, 2.45) is 23.1 Å². The highest BCUT2D eigenvalue weighted by molar-refractivity contribution is 5.98. The summed E-state index contributed by atoms with van der Waals surface area (Å²) in [6, 6.07) is 0.753. The summed E-state index contributed by atoms with van der Waals surface area (Å²) in [4.78, 5) is 118. The van der Waals surface area contributed by atoms with Gasteiger partial charge in [-0.05, 0) is 92.9 Å². The van der Waals surface area contributed by atoms with Gasteiger partial charge in [0.2, 0.25) is 35.4 Å². The van der Waals surface area contributed by atoms with E-state index in [0.717, 1.165) is 0 Å². The van der Waals surface area contributed by atoms with Crippen molar-refractivity contribution in [3.05, 3.63) is 59.7 Å². The highest BCUT2D eigenvalue weighted by atomic mass is 16.4. The molecule has 23 heteroatoms. The standard InChI is InChI=1S/C44H65N9O14/c1-24(2)37(44(66)67)53-43(65)33(22-26-11-15-28(55)16-12-26)52-41(63)32(21-25-9-13-27(54)14-10-25)51-40(62)31(17-18-35(56)57)49-39(61)30(8-4-6-20-46)48-42(64)34(23-36(58)59)50-38(60)29(47)7-3-5-19-45/h9-16,24,29-34,37,54-55H,3-8,17-23,45-47H2,1-2H3,(H,48,64)(H,49,61)(H,50,60)(H,51,62)(H,52,63)(H,53,65)(H,56,57)(H,58,59)(H,66,67)/t29-,30-,31-,32-,33-,34-,37-/m0/s1. The lowest BCUT2D eigenvalue weighted by atomic mass is 10.00. The van der Waals surface area contributed by atoms with Gasteiger partial charge in [-0.2, -0.15) is 0 Å². The Balaban J connectivity index is 2.51. The van der Waals surface area contributed by atoms with Crippen molar-refractivity contribution >= 4 is 53.4 Å². The third kappa shape index (κ3) is 20.9. The topological polar surface area (TPSA) is 405 Å². The molecule has 0 aliphatic heterocycles. The molecule has 0 fully saturated rings. The smallest absolute Gasteiger partial charge is 0.326 e. The number of unbranched alkanes of at least 4 members (excludes halogenated alkanes) is 2. The molecule has 2 aromatic rings. The quantitative estimate of drug-likeness (QED) is 0.0381. The Hall–Kier alpha value is -6.85. The fraction of sp³-hybridized carbons (Fsp3) is 0.523. The summed E-state index contributed by atoms with van der Waals surface area (Å²) in [5, 5.41) is 63.3. The number of hydrogen-bond donors (Lipinski definition) is 14. The Labute approximate surface area is 387 Å². The number of aromatic hydroxyl groups is 2. The van der Waals surface area contributed by atoms with Crippen molar-refractivity contribution in [3.63, 3.8) is 0 Å². The minimum atomic E-state index is -1.69. The molecule has 0 aromatic heterocycles. The van der Waals surface area contributed by atoms with E-state index in [1.165, 1.54) is 48.5 Å². The summed E-state index contributed by atoms with van der Waals surface area (Å²) < 4.78 is 0. The van der Waals surface area contributed by atoms with E-state index in [-0.39, 0.29) is 50.1 Å². The van der Waals surface area contributed by atoms with Crippen molar-refractivity contribution in [2.75, 3.05) is 13.1 Å². The number of hydrogen-bond acceptors (Lipinski definition) is 14. The first-order valence-corrected chi connectivity index (χ1v) is 21.9. The number of carbonyl (C=O) groups excluding carboxylic acids is 6. The molecule has 0 spiro atoms. The number of aliphatic carboxylic acids is 3. The van der Waals surface area contributed by atoms with Gasteiger partial charge in [-0.3, -0.25) is 38.4 Å². The molecule has 0 bridgehead atoms. The van der Waals surface area contributed by atoms with Crippen LogP contribution in [0.5, 0.6) is 11.5 Å². The van der Waals surface area contributed by atoms with Crippen LogP contribution >= 0.6 is 0 Å². The molecule has 2 rings (SSSR count). The van der Waals surface area contributed by atoms with Gasteiger partial charge >= 0.3 is 17.9 Å². The molecule has 23 nitrogen and oxygen atoms in total. The SMILES string of the molecule is CC(C)[C@H](NC(=O)[C@H](Cc1ccc(O)cc1)NC(=O)[C@H](Cc1ccc(O)cc1)NC(=O)[C@H](CCC(=O)O)NC(=O)[C@H](CCCCN)NC(=O)[C@H](CC(=O)O)NC(=O)[C@@H](N)CCCCN)C(=O)O. The van der Waals surface area contributed by atoms with Crippen LogP contribution in [0.3, 0.4) is 0 Å². The van der Waals surface area contributed by atoms with E-state index in [2.05, 4.69) is 31.9 Å². The summed E-state index contributed by atoms with van der Waals surface area (Å²) in [6.07, 6.45) is -0.889. The zero-order valence-corrected chi connectivity index (χ0v) is 37.6. The summed E-state index contributed by atoms with van der Waals surface area (Å²) in [5.41, 5.74) is 17.9. The predicted octanol–water partition coefficient (Wildman–Crippen LogP) is -1.54. The molecule has 0 unspecified atom stereocenters. The monoisotopic (exact) mass is 943 g/mol. The second kappa shape index (κ2) is 28.9. The maximum absolute atomic E-state index is 14.2. The van der Waals surface area contributed by atoms with Gasteiger partial charge in [-0.25, -0.2) is 4.79 Å². The average Bonchev–Trinajstić information content (AvgIpc) is 3.26. The van der Waals surface area contributed by atoms with E-state index in [1.54, 1.807) is 13.8 Å². The van der Waals surface area contributed by atoms with Crippen LogP contribution < -0.4 is 49.1 Å². The first-order chi connectivity index (χ1) is 31.6. The molecule has 0 aliphatic carbocycles. The Kier molecular flexibility index (Phi) is 24.3. The molecule has 6 amide bonds. The Bertz CT molecular complexity index is 1980.